The molecular weight excluding hydrogens is 160 g/mol. The predicted octanol–water partition coefficient (Wildman–Crippen LogP) is 1.09. The first-order valence-electron chi connectivity index (χ1n) is 4.79. The van der Waals surface area contributed by atoms with E-state index in [4.69, 9.17) is 0 Å². The minimum atomic E-state index is 0.473. The molecule has 13 heavy (non-hydrogen) atoms. The van der Waals surface area contributed by atoms with Gasteiger partial charge in [0.1, 0.15) is 0 Å². The Balaban J connectivity index is 2.34. The van der Waals surface area contributed by atoms with Gasteiger partial charge in [0.15, 0.2) is 0 Å². The van der Waals surface area contributed by atoms with Crippen LogP contribution in [0.5, 0.6) is 0 Å². The number of hydrogen-bond acceptors (Lipinski definition) is 2. The Kier molecular flexibility index (Phi) is 2.34. The maximum Gasteiger partial charge on any atom is 0.0479 e. The van der Waals surface area contributed by atoms with Crippen LogP contribution in [0.3, 0.4) is 0 Å². The maximum atomic E-state index is 3.36. The highest BCUT2D eigenvalue weighted by molar-refractivity contribution is 5.37. The standard InChI is InChI=1S/C11H16N2/c1-12-10-7-8-5-3-4-6-9(8)11(10)13-2/h3-6,10-13H,7H2,1-2H3/t10-,11-/m1/s1. The van der Waals surface area contributed by atoms with E-state index in [9.17, 15) is 0 Å². The van der Waals surface area contributed by atoms with Gasteiger partial charge in [-0.05, 0) is 31.6 Å². The quantitative estimate of drug-likeness (QED) is 0.705. The van der Waals surface area contributed by atoms with Crippen molar-refractivity contribution in [3.8, 4) is 0 Å². The van der Waals surface area contributed by atoms with Crippen molar-refractivity contribution in [3.05, 3.63) is 35.4 Å². The monoisotopic (exact) mass is 176 g/mol. The van der Waals surface area contributed by atoms with E-state index < -0.39 is 0 Å². The van der Waals surface area contributed by atoms with E-state index in [1.54, 1.807) is 0 Å². The Hall–Kier alpha value is -0.860. The van der Waals surface area contributed by atoms with Crippen molar-refractivity contribution in [1.82, 2.24) is 10.6 Å². The molecule has 0 aliphatic heterocycles. The summed E-state index contributed by atoms with van der Waals surface area (Å²) in [5, 5.41) is 6.71. The molecule has 70 valence electrons. The Labute approximate surface area is 79.4 Å². The lowest BCUT2D eigenvalue weighted by molar-refractivity contribution is 0.450. The van der Waals surface area contributed by atoms with Crippen LogP contribution in [-0.4, -0.2) is 20.1 Å². The maximum absolute atomic E-state index is 3.36. The van der Waals surface area contributed by atoms with E-state index >= 15 is 0 Å². The summed E-state index contributed by atoms with van der Waals surface area (Å²) in [5.74, 6) is 0. The van der Waals surface area contributed by atoms with Gasteiger partial charge in [0.05, 0.1) is 0 Å². The highest BCUT2D eigenvalue weighted by atomic mass is 15.0. The normalized spacial score (nSPS) is 26.0. The molecule has 0 heterocycles. The molecule has 0 fully saturated rings. The third-order valence-electron chi connectivity index (χ3n) is 2.91. The van der Waals surface area contributed by atoms with Crippen LogP contribution < -0.4 is 10.6 Å². The van der Waals surface area contributed by atoms with Crippen LogP contribution in [0.2, 0.25) is 0 Å². The van der Waals surface area contributed by atoms with Crippen LogP contribution in [0.4, 0.5) is 0 Å². The van der Waals surface area contributed by atoms with Gasteiger partial charge in [-0.2, -0.15) is 0 Å². The summed E-state index contributed by atoms with van der Waals surface area (Å²) in [5.41, 5.74) is 2.92. The van der Waals surface area contributed by atoms with E-state index in [2.05, 4.69) is 34.9 Å². The number of rotatable bonds is 2. The third kappa shape index (κ3) is 1.36. The fourth-order valence-electron chi connectivity index (χ4n) is 2.22. The number of benzene rings is 1. The topological polar surface area (TPSA) is 24.1 Å². The van der Waals surface area contributed by atoms with Gasteiger partial charge >= 0.3 is 0 Å². The molecule has 2 atom stereocenters. The number of nitrogens with one attached hydrogen (secondary N) is 2. The van der Waals surface area contributed by atoms with Crippen molar-refractivity contribution in [2.24, 2.45) is 0 Å². The van der Waals surface area contributed by atoms with Gasteiger partial charge < -0.3 is 10.6 Å². The lowest BCUT2D eigenvalue weighted by Gasteiger charge is -2.18. The number of hydrogen-bond donors (Lipinski definition) is 2. The summed E-state index contributed by atoms with van der Waals surface area (Å²) in [6, 6.07) is 9.68. The zero-order valence-electron chi connectivity index (χ0n) is 8.17. The van der Waals surface area contributed by atoms with Crippen LogP contribution in [0.1, 0.15) is 17.2 Å². The molecule has 0 aromatic heterocycles. The first-order valence-corrected chi connectivity index (χ1v) is 4.79. The first-order chi connectivity index (χ1) is 6.36. The molecule has 1 aliphatic carbocycles. The van der Waals surface area contributed by atoms with Gasteiger partial charge in [-0.3, -0.25) is 0 Å². The fourth-order valence-corrected chi connectivity index (χ4v) is 2.22. The van der Waals surface area contributed by atoms with E-state index in [0.717, 1.165) is 6.42 Å². The van der Waals surface area contributed by atoms with Crippen LogP contribution in [0.15, 0.2) is 24.3 Å². The zero-order valence-corrected chi connectivity index (χ0v) is 8.17. The summed E-state index contributed by atoms with van der Waals surface area (Å²) in [6.45, 7) is 0. The van der Waals surface area contributed by atoms with E-state index in [1.165, 1.54) is 11.1 Å². The highest BCUT2D eigenvalue weighted by Gasteiger charge is 2.29. The van der Waals surface area contributed by atoms with Gasteiger partial charge in [-0.1, -0.05) is 24.3 Å². The molecule has 0 spiro atoms. The Morgan fingerprint density at radius 1 is 1.15 bits per heavy atom. The van der Waals surface area contributed by atoms with Crippen LogP contribution in [0.25, 0.3) is 0 Å². The van der Waals surface area contributed by atoms with Crippen LogP contribution in [0, 0.1) is 0 Å². The van der Waals surface area contributed by atoms with E-state index in [1.807, 2.05) is 14.1 Å². The summed E-state index contributed by atoms with van der Waals surface area (Å²) in [7, 11) is 4.05. The zero-order chi connectivity index (χ0) is 9.26. The summed E-state index contributed by atoms with van der Waals surface area (Å²) in [4.78, 5) is 0. The van der Waals surface area contributed by atoms with Gasteiger partial charge in [-0.25, -0.2) is 0 Å². The van der Waals surface area contributed by atoms with Crippen molar-refractivity contribution >= 4 is 0 Å². The Morgan fingerprint density at radius 3 is 2.62 bits per heavy atom. The van der Waals surface area contributed by atoms with Crippen LogP contribution >= 0.6 is 0 Å². The van der Waals surface area contributed by atoms with Crippen LogP contribution in [-0.2, 0) is 6.42 Å². The lowest BCUT2D eigenvalue weighted by Crippen LogP contribution is -2.35. The molecule has 0 radical (unpaired) electrons. The second-order valence-corrected chi connectivity index (χ2v) is 3.56. The molecule has 1 aliphatic rings. The molecular formula is C11H16N2. The van der Waals surface area contributed by atoms with Crippen molar-refractivity contribution in [3.63, 3.8) is 0 Å². The average molecular weight is 176 g/mol. The summed E-state index contributed by atoms with van der Waals surface area (Å²) < 4.78 is 0. The van der Waals surface area contributed by atoms with Gasteiger partial charge in [-0.15, -0.1) is 0 Å². The Morgan fingerprint density at radius 2 is 1.92 bits per heavy atom. The third-order valence-corrected chi connectivity index (χ3v) is 2.91. The predicted molar refractivity (Wildman–Crippen MR) is 54.8 cm³/mol. The minimum Gasteiger partial charge on any atom is -0.315 e. The van der Waals surface area contributed by atoms with E-state index in [-0.39, 0.29) is 0 Å². The highest BCUT2D eigenvalue weighted by Crippen LogP contribution is 2.30. The van der Waals surface area contributed by atoms with Gasteiger partial charge in [0, 0.05) is 12.1 Å². The second-order valence-electron chi connectivity index (χ2n) is 3.56. The molecule has 0 bridgehead atoms. The molecule has 0 unspecified atom stereocenters. The average Bonchev–Trinajstić information content (AvgIpc) is 2.55. The number of fused-ring (bicyclic) bond motifs is 1. The summed E-state index contributed by atoms with van der Waals surface area (Å²) >= 11 is 0. The SMILES string of the molecule is CN[C@@H]1c2ccccc2C[C@H]1NC. The molecule has 1 aromatic rings. The molecule has 0 amide bonds. The van der Waals surface area contributed by atoms with Crippen molar-refractivity contribution in [2.75, 3.05) is 14.1 Å². The largest absolute Gasteiger partial charge is 0.315 e. The van der Waals surface area contributed by atoms with Gasteiger partial charge in [0.2, 0.25) is 0 Å². The molecule has 2 rings (SSSR count). The lowest BCUT2D eigenvalue weighted by atomic mass is 10.1. The second kappa shape index (κ2) is 3.48. The van der Waals surface area contributed by atoms with Crippen molar-refractivity contribution < 1.29 is 0 Å². The first kappa shape index (κ1) is 8.73. The van der Waals surface area contributed by atoms with Crippen molar-refractivity contribution in [2.45, 2.75) is 18.5 Å². The van der Waals surface area contributed by atoms with E-state index in [0.29, 0.717) is 12.1 Å². The minimum absolute atomic E-state index is 0.473. The summed E-state index contributed by atoms with van der Waals surface area (Å²) in [6.07, 6.45) is 1.14. The molecule has 2 nitrogen and oxygen atoms in total. The van der Waals surface area contributed by atoms with Crippen molar-refractivity contribution in [1.29, 1.82) is 0 Å². The Bertz CT molecular complexity index is 296. The van der Waals surface area contributed by atoms with Gasteiger partial charge in [0.25, 0.3) is 0 Å². The molecule has 2 N–H and O–H groups in total. The molecule has 0 saturated carbocycles. The molecule has 1 aromatic carbocycles. The fraction of sp³-hybridized carbons (Fsp3) is 0.455. The smallest absolute Gasteiger partial charge is 0.0479 e. The molecule has 2 heteroatoms. The molecule has 0 saturated heterocycles. The number of likely N-dealkylation sites (N-methyl/N-ethyl adjacent to an activating group) is 2.